The summed E-state index contributed by atoms with van der Waals surface area (Å²) in [5.74, 6) is 1.42. The molecule has 0 saturated carbocycles. The molecule has 0 aromatic heterocycles. The molecule has 13 heteroatoms. The first kappa shape index (κ1) is 35.0. The van der Waals surface area contributed by atoms with E-state index < -0.39 is 10.5 Å². The molecule has 2 aromatic rings. The molecule has 2 amide bonds. The quantitative estimate of drug-likeness (QED) is 0.128. The predicted molar refractivity (Wildman–Crippen MR) is 178 cm³/mol. The number of thioether (sulfide) groups is 1. The monoisotopic (exact) mass is 660 g/mol. The SMILES string of the molecule is CC(SC(C)C(=O)NN=Cc1ccc(N(CCCl)CCCl)cc1)C(=O)NN=Cc1ccc(N(CCCl)CCCl)cc1. The number of hydrazone groups is 2. The van der Waals surface area contributed by atoms with Gasteiger partial charge in [-0.1, -0.05) is 24.3 Å². The summed E-state index contributed by atoms with van der Waals surface area (Å²) in [5.41, 5.74) is 8.74. The fraction of sp³-hybridized carbons (Fsp3) is 0.429. The Kier molecular flexibility index (Phi) is 17.0. The van der Waals surface area contributed by atoms with Gasteiger partial charge in [0.2, 0.25) is 0 Å². The Balaban J connectivity index is 1.80. The minimum Gasteiger partial charge on any atom is -0.369 e. The zero-order valence-corrected chi connectivity index (χ0v) is 27.0. The molecule has 2 atom stereocenters. The highest BCUT2D eigenvalue weighted by Crippen LogP contribution is 2.19. The molecule has 2 aromatic carbocycles. The summed E-state index contributed by atoms with van der Waals surface area (Å²) in [6, 6.07) is 15.4. The highest BCUT2D eigenvalue weighted by Gasteiger charge is 2.21. The van der Waals surface area contributed by atoms with E-state index in [4.69, 9.17) is 46.4 Å². The highest BCUT2D eigenvalue weighted by molar-refractivity contribution is 8.01. The van der Waals surface area contributed by atoms with Gasteiger partial charge in [-0.05, 0) is 49.2 Å². The maximum atomic E-state index is 12.5. The fourth-order valence-electron chi connectivity index (χ4n) is 3.64. The van der Waals surface area contributed by atoms with E-state index in [-0.39, 0.29) is 11.8 Å². The summed E-state index contributed by atoms with van der Waals surface area (Å²) in [6.07, 6.45) is 3.13. The molecule has 41 heavy (non-hydrogen) atoms. The van der Waals surface area contributed by atoms with Crippen LogP contribution in [0.5, 0.6) is 0 Å². The summed E-state index contributed by atoms with van der Waals surface area (Å²) in [6.45, 7) is 6.25. The van der Waals surface area contributed by atoms with Gasteiger partial charge in [0.15, 0.2) is 0 Å². The van der Waals surface area contributed by atoms with Crippen molar-refractivity contribution in [2.24, 2.45) is 10.2 Å². The lowest BCUT2D eigenvalue weighted by molar-refractivity contribution is -0.120. The Labute approximate surface area is 266 Å². The molecular formula is C28H36Cl4N6O2S. The Morgan fingerprint density at radius 2 is 1.00 bits per heavy atom. The second-order valence-electron chi connectivity index (χ2n) is 8.80. The van der Waals surface area contributed by atoms with Crippen LogP contribution in [0.3, 0.4) is 0 Å². The first-order valence-corrected chi connectivity index (χ1v) is 16.2. The lowest BCUT2D eigenvalue weighted by atomic mass is 10.2. The molecular weight excluding hydrogens is 626 g/mol. The highest BCUT2D eigenvalue weighted by atomic mass is 35.5. The van der Waals surface area contributed by atoms with Crippen LogP contribution in [0, 0.1) is 0 Å². The molecule has 2 unspecified atom stereocenters. The largest absolute Gasteiger partial charge is 0.369 e. The third-order valence-electron chi connectivity index (χ3n) is 5.86. The molecule has 0 bridgehead atoms. The molecule has 0 fully saturated rings. The van der Waals surface area contributed by atoms with Crippen molar-refractivity contribution in [3.05, 3.63) is 59.7 Å². The average molecular weight is 663 g/mol. The lowest BCUT2D eigenvalue weighted by Gasteiger charge is -2.22. The maximum Gasteiger partial charge on any atom is 0.252 e. The standard InChI is InChI=1S/C28H36Cl4N6O2S/c1-21(27(39)35-33-19-23-3-7-25(8-4-23)37(15-11-29)16-12-30)41-22(2)28(40)36-34-20-24-5-9-26(10-6-24)38(17-13-31)18-14-32/h3-10,19-22H,11-18H2,1-2H3,(H,35,39)(H,36,40). The molecule has 0 heterocycles. The van der Waals surface area contributed by atoms with Gasteiger partial charge >= 0.3 is 0 Å². The van der Waals surface area contributed by atoms with Gasteiger partial charge in [0.05, 0.1) is 22.9 Å². The van der Waals surface area contributed by atoms with Crippen molar-refractivity contribution in [1.82, 2.24) is 10.9 Å². The van der Waals surface area contributed by atoms with E-state index in [1.807, 2.05) is 48.5 Å². The normalized spacial score (nSPS) is 12.8. The van der Waals surface area contributed by atoms with Gasteiger partial charge in [0, 0.05) is 61.1 Å². The van der Waals surface area contributed by atoms with Crippen LogP contribution in [-0.2, 0) is 9.59 Å². The number of amides is 2. The number of alkyl halides is 4. The van der Waals surface area contributed by atoms with Crippen LogP contribution in [0.1, 0.15) is 25.0 Å². The summed E-state index contributed by atoms with van der Waals surface area (Å²) in [7, 11) is 0. The van der Waals surface area contributed by atoms with Crippen LogP contribution in [0.4, 0.5) is 11.4 Å². The first-order chi connectivity index (χ1) is 19.8. The van der Waals surface area contributed by atoms with E-state index in [1.165, 1.54) is 11.8 Å². The summed E-state index contributed by atoms with van der Waals surface area (Å²) in [5, 5.41) is 7.09. The zero-order valence-electron chi connectivity index (χ0n) is 23.1. The minimum atomic E-state index is -0.504. The molecule has 0 aliphatic rings. The summed E-state index contributed by atoms with van der Waals surface area (Å²) < 4.78 is 0. The van der Waals surface area contributed by atoms with E-state index in [0.717, 1.165) is 22.5 Å². The van der Waals surface area contributed by atoms with Crippen LogP contribution >= 0.6 is 58.2 Å². The third-order valence-corrected chi connectivity index (χ3v) is 7.78. The fourth-order valence-corrected chi connectivity index (χ4v) is 5.42. The van der Waals surface area contributed by atoms with Crippen LogP contribution in [0.15, 0.2) is 58.7 Å². The number of halogens is 4. The van der Waals surface area contributed by atoms with Gasteiger partial charge in [-0.25, -0.2) is 10.9 Å². The minimum absolute atomic E-state index is 0.307. The van der Waals surface area contributed by atoms with Crippen molar-refractivity contribution >= 4 is 93.8 Å². The molecule has 0 aliphatic heterocycles. The van der Waals surface area contributed by atoms with Gasteiger partial charge in [-0.15, -0.1) is 58.2 Å². The van der Waals surface area contributed by atoms with E-state index >= 15 is 0 Å². The van der Waals surface area contributed by atoms with Gasteiger partial charge in [-0.2, -0.15) is 10.2 Å². The van der Waals surface area contributed by atoms with Crippen LogP contribution in [0.25, 0.3) is 0 Å². The van der Waals surface area contributed by atoms with Crippen LogP contribution < -0.4 is 20.7 Å². The maximum absolute atomic E-state index is 12.5. The molecule has 8 nitrogen and oxygen atoms in total. The number of nitrogens with zero attached hydrogens (tertiary/aromatic N) is 4. The Bertz CT molecular complexity index is 1020. The van der Waals surface area contributed by atoms with Gasteiger partial charge in [0.1, 0.15) is 0 Å². The molecule has 0 saturated heterocycles. The van der Waals surface area contributed by atoms with Gasteiger partial charge in [0.25, 0.3) is 11.8 Å². The number of hydrogen-bond acceptors (Lipinski definition) is 7. The Hall–Kier alpha value is -2.17. The number of hydrogen-bond donors (Lipinski definition) is 2. The van der Waals surface area contributed by atoms with Crippen LogP contribution in [0.2, 0.25) is 0 Å². The molecule has 224 valence electrons. The Morgan fingerprint density at radius 1 is 0.683 bits per heavy atom. The first-order valence-electron chi connectivity index (χ1n) is 13.1. The lowest BCUT2D eigenvalue weighted by Crippen LogP contribution is -2.33. The van der Waals surface area contributed by atoms with Gasteiger partial charge < -0.3 is 9.80 Å². The predicted octanol–water partition coefficient (Wildman–Crippen LogP) is 5.37. The van der Waals surface area contributed by atoms with Crippen molar-refractivity contribution in [2.75, 3.05) is 59.5 Å². The van der Waals surface area contributed by atoms with E-state index in [1.54, 1.807) is 26.3 Å². The van der Waals surface area contributed by atoms with Crippen molar-refractivity contribution in [3.8, 4) is 0 Å². The molecule has 2 rings (SSSR count). The van der Waals surface area contributed by atoms with E-state index in [9.17, 15) is 9.59 Å². The number of benzene rings is 2. The summed E-state index contributed by atoms with van der Waals surface area (Å²) >= 11 is 24.7. The Morgan fingerprint density at radius 3 is 1.29 bits per heavy atom. The number of carbonyl (C=O) groups is 2. The number of anilines is 2. The number of carbonyl (C=O) groups excluding carboxylic acids is 2. The van der Waals surface area contributed by atoms with E-state index in [2.05, 4.69) is 30.9 Å². The smallest absolute Gasteiger partial charge is 0.252 e. The van der Waals surface area contributed by atoms with Crippen molar-refractivity contribution in [2.45, 2.75) is 24.3 Å². The number of nitrogens with one attached hydrogen (secondary N) is 2. The molecule has 0 spiro atoms. The second kappa shape index (κ2) is 19.9. The van der Waals surface area contributed by atoms with Crippen molar-refractivity contribution < 1.29 is 9.59 Å². The van der Waals surface area contributed by atoms with Gasteiger partial charge in [-0.3, -0.25) is 9.59 Å². The number of rotatable bonds is 18. The molecule has 2 N–H and O–H groups in total. The average Bonchev–Trinajstić information content (AvgIpc) is 2.97. The topological polar surface area (TPSA) is 89.4 Å². The third kappa shape index (κ3) is 12.7. The van der Waals surface area contributed by atoms with Crippen molar-refractivity contribution in [3.63, 3.8) is 0 Å². The molecule has 0 aliphatic carbocycles. The van der Waals surface area contributed by atoms with E-state index in [0.29, 0.717) is 49.7 Å². The second-order valence-corrected chi connectivity index (χ2v) is 12.0. The summed E-state index contributed by atoms with van der Waals surface area (Å²) in [4.78, 5) is 29.2. The van der Waals surface area contributed by atoms with Crippen LogP contribution in [-0.4, -0.2) is 84.4 Å². The van der Waals surface area contributed by atoms with Crippen molar-refractivity contribution in [1.29, 1.82) is 0 Å². The zero-order chi connectivity index (χ0) is 30.0. The molecule has 0 radical (unpaired) electrons.